The number of carbonyl (C=O) groups is 1. The third kappa shape index (κ3) is 3.31. The van der Waals surface area contributed by atoms with Crippen molar-refractivity contribution in [3.8, 4) is 11.8 Å². The molecule has 1 saturated heterocycles. The average Bonchev–Trinajstić information content (AvgIpc) is 2.48. The molecule has 21 heavy (non-hydrogen) atoms. The molecule has 1 aliphatic heterocycles. The summed E-state index contributed by atoms with van der Waals surface area (Å²) >= 11 is 0. The lowest BCUT2D eigenvalue weighted by atomic mass is 10.1. The number of benzene rings is 1. The monoisotopic (exact) mass is 291 g/mol. The maximum Gasteiger partial charge on any atom is 0.257 e. The van der Waals surface area contributed by atoms with Crippen LogP contribution in [-0.2, 0) is 0 Å². The van der Waals surface area contributed by atoms with Gasteiger partial charge in [-0.05, 0) is 18.6 Å². The third-order valence-electron chi connectivity index (χ3n) is 3.77. The van der Waals surface area contributed by atoms with Crippen LogP contribution in [0.4, 0.5) is 4.39 Å². The Bertz CT molecular complexity index is 563. The first-order valence-corrected chi connectivity index (χ1v) is 6.98. The van der Waals surface area contributed by atoms with E-state index in [1.165, 1.54) is 6.07 Å². The Balaban J connectivity index is 2.02. The van der Waals surface area contributed by atoms with Crippen LogP contribution in [0.3, 0.4) is 0 Å². The lowest BCUT2D eigenvalue weighted by Crippen LogP contribution is -2.51. The van der Waals surface area contributed by atoms with Gasteiger partial charge in [0.25, 0.3) is 5.91 Å². The molecular weight excluding hydrogens is 273 g/mol. The molecule has 0 bridgehead atoms. The van der Waals surface area contributed by atoms with Crippen molar-refractivity contribution in [1.29, 1.82) is 5.26 Å². The summed E-state index contributed by atoms with van der Waals surface area (Å²) in [6.07, 6.45) is 0.753. The molecule has 0 aliphatic carbocycles. The molecule has 1 atom stereocenters. The third-order valence-corrected chi connectivity index (χ3v) is 3.77. The van der Waals surface area contributed by atoms with E-state index >= 15 is 0 Å². The number of phenols is 1. The maximum atomic E-state index is 12.9. The lowest BCUT2D eigenvalue weighted by molar-refractivity contribution is 0.0601. The normalized spacial score (nSPS) is 17.3. The van der Waals surface area contributed by atoms with Gasteiger partial charge < -0.3 is 10.0 Å². The van der Waals surface area contributed by atoms with Gasteiger partial charge in [0, 0.05) is 32.2 Å². The van der Waals surface area contributed by atoms with Crippen molar-refractivity contribution < 1.29 is 14.3 Å². The molecule has 0 radical (unpaired) electrons. The Kier molecular flexibility index (Phi) is 4.76. The number of hydrogen-bond donors (Lipinski definition) is 1. The molecule has 1 heterocycles. The van der Waals surface area contributed by atoms with E-state index in [9.17, 15) is 14.3 Å². The molecule has 5 nitrogen and oxygen atoms in total. The van der Waals surface area contributed by atoms with Crippen LogP contribution in [0.2, 0.25) is 0 Å². The topological polar surface area (TPSA) is 67.6 Å². The van der Waals surface area contributed by atoms with Crippen LogP contribution in [0.15, 0.2) is 18.2 Å². The van der Waals surface area contributed by atoms with Crippen LogP contribution in [0.5, 0.6) is 5.75 Å². The summed E-state index contributed by atoms with van der Waals surface area (Å²) in [5, 5.41) is 18.7. The molecule has 1 fully saturated rings. The predicted octanol–water partition coefficient (Wildman–Crippen LogP) is 1.59. The number of amides is 1. The van der Waals surface area contributed by atoms with Crippen molar-refractivity contribution in [2.45, 2.75) is 19.4 Å². The molecule has 0 spiro atoms. The molecule has 1 aliphatic rings. The zero-order valence-electron chi connectivity index (χ0n) is 11.9. The first kappa shape index (κ1) is 15.3. The molecule has 2 rings (SSSR count). The second-order valence-electron chi connectivity index (χ2n) is 5.04. The van der Waals surface area contributed by atoms with Gasteiger partial charge >= 0.3 is 0 Å². The van der Waals surface area contributed by atoms with Gasteiger partial charge in [-0.15, -0.1) is 0 Å². The number of hydrogen-bond acceptors (Lipinski definition) is 4. The van der Waals surface area contributed by atoms with E-state index in [0.717, 1.165) is 18.6 Å². The Labute approximate surface area is 123 Å². The quantitative estimate of drug-likeness (QED) is 0.918. The molecule has 1 aromatic rings. The van der Waals surface area contributed by atoms with E-state index in [-0.39, 0.29) is 23.3 Å². The van der Waals surface area contributed by atoms with E-state index in [2.05, 4.69) is 6.07 Å². The van der Waals surface area contributed by atoms with E-state index in [1.807, 2.05) is 11.8 Å². The predicted molar refractivity (Wildman–Crippen MR) is 75.2 cm³/mol. The van der Waals surface area contributed by atoms with E-state index in [0.29, 0.717) is 26.2 Å². The Morgan fingerprint density at radius 2 is 2.10 bits per heavy atom. The van der Waals surface area contributed by atoms with Gasteiger partial charge in [-0.1, -0.05) is 6.92 Å². The van der Waals surface area contributed by atoms with Crippen LogP contribution < -0.4 is 0 Å². The number of nitriles is 1. The Morgan fingerprint density at radius 1 is 1.43 bits per heavy atom. The summed E-state index contributed by atoms with van der Waals surface area (Å²) in [5.41, 5.74) is 0.108. The van der Waals surface area contributed by atoms with E-state index in [1.54, 1.807) is 4.90 Å². The van der Waals surface area contributed by atoms with Gasteiger partial charge in [-0.3, -0.25) is 9.69 Å². The van der Waals surface area contributed by atoms with Crippen LogP contribution in [0.1, 0.15) is 23.7 Å². The van der Waals surface area contributed by atoms with Crippen LogP contribution in [-0.4, -0.2) is 53.0 Å². The van der Waals surface area contributed by atoms with Gasteiger partial charge in [-0.2, -0.15) is 5.26 Å². The molecule has 0 aromatic heterocycles. The summed E-state index contributed by atoms with van der Waals surface area (Å²) in [6.45, 7) is 4.20. The molecule has 1 aromatic carbocycles. The summed E-state index contributed by atoms with van der Waals surface area (Å²) in [6, 6.07) is 5.52. The minimum absolute atomic E-state index is 0.108. The molecular formula is C15H18FN3O2. The largest absolute Gasteiger partial charge is 0.507 e. The Hall–Kier alpha value is -2.13. The van der Waals surface area contributed by atoms with Gasteiger partial charge in [0.2, 0.25) is 0 Å². The Morgan fingerprint density at radius 3 is 2.62 bits per heavy atom. The zero-order valence-corrected chi connectivity index (χ0v) is 11.9. The summed E-state index contributed by atoms with van der Waals surface area (Å²) in [7, 11) is 0. The molecule has 0 saturated carbocycles. The summed E-state index contributed by atoms with van der Waals surface area (Å²) in [4.78, 5) is 16.0. The van der Waals surface area contributed by atoms with Crippen LogP contribution in [0.25, 0.3) is 0 Å². The molecule has 1 N–H and O–H groups in total. The molecule has 6 heteroatoms. The second kappa shape index (κ2) is 6.55. The highest BCUT2D eigenvalue weighted by Crippen LogP contribution is 2.21. The highest BCUT2D eigenvalue weighted by Gasteiger charge is 2.26. The second-order valence-corrected chi connectivity index (χ2v) is 5.04. The number of halogens is 1. The van der Waals surface area contributed by atoms with Gasteiger partial charge in [0.05, 0.1) is 17.7 Å². The first-order chi connectivity index (χ1) is 10.1. The number of aromatic hydroxyl groups is 1. The highest BCUT2D eigenvalue weighted by atomic mass is 19.1. The SMILES string of the molecule is CCC(C#N)N1CCN(C(=O)c2ccc(F)cc2O)CC1. The molecule has 1 unspecified atom stereocenters. The fourth-order valence-electron chi connectivity index (χ4n) is 2.52. The lowest BCUT2D eigenvalue weighted by Gasteiger charge is -2.36. The van der Waals surface area contributed by atoms with Crippen molar-refractivity contribution in [2.75, 3.05) is 26.2 Å². The smallest absolute Gasteiger partial charge is 0.257 e. The van der Waals surface area contributed by atoms with Crippen molar-refractivity contribution in [1.82, 2.24) is 9.80 Å². The standard InChI is InChI=1S/C15H18FN3O2/c1-2-12(10-17)18-5-7-19(8-6-18)15(21)13-4-3-11(16)9-14(13)20/h3-4,9,12,20H,2,5-8H2,1H3. The first-order valence-electron chi connectivity index (χ1n) is 6.98. The van der Waals surface area contributed by atoms with Crippen LogP contribution in [0, 0.1) is 17.1 Å². The average molecular weight is 291 g/mol. The van der Waals surface area contributed by atoms with Gasteiger partial charge in [0.15, 0.2) is 0 Å². The number of piperazine rings is 1. The fraction of sp³-hybridized carbons (Fsp3) is 0.467. The van der Waals surface area contributed by atoms with Crippen molar-refractivity contribution >= 4 is 5.91 Å². The number of nitrogens with zero attached hydrogens (tertiary/aromatic N) is 3. The van der Waals surface area contributed by atoms with Crippen molar-refractivity contribution in [3.05, 3.63) is 29.6 Å². The zero-order chi connectivity index (χ0) is 15.4. The maximum absolute atomic E-state index is 12.9. The van der Waals surface area contributed by atoms with Gasteiger partial charge in [-0.25, -0.2) is 4.39 Å². The minimum Gasteiger partial charge on any atom is -0.507 e. The number of carbonyl (C=O) groups excluding carboxylic acids is 1. The minimum atomic E-state index is -0.575. The number of rotatable bonds is 3. The molecule has 1 amide bonds. The van der Waals surface area contributed by atoms with Gasteiger partial charge in [0.1, 0.15) is 11.6 Å². The van der Waals surface area contributed by atoms with Crippen LogP contribution >= 0.6 is 0 Å². The van der Waals surface area contributed by atoms with Crippen molar-refractivity contribution in [2.24, 2.45) is 0 Å². The fourth-order valence-corrected chi connectivity index (χ4v) is 2.52. The summed E-state index contributed by atoms with van der Waals surface area (Å²) < 4.78 is 12.9. The van der Waals surface area contributed by atoms with E-state index in [4.69, 9.17) is 5.26 Å². The molecule has 112 valence electrons. The van der Waals surface area contributed by atoms with E-state index < -0.39 is 5.82 Å². The summed E-state index contributed by atoms with van der Waals surface area (Å²) in [5.74, 6) is -1.23. The highest BCUT2D eigenvalue weighted by molar-refractivity contribution is 5.96. The number of phenolic OH excluding ortho intramolecular Hbond substituents is 1. The van der Waals surface area contributed by atoms with Crippen molar-refractivity contribution in [3.63, 3.8) is 0 Å².